The lowest BCUT2D eigenvalue weighted by Crippen LogP contribution is -2.51. The van der Waals surface area contributed by atoms with Crippen LogP contribution in [0.15, 0.2) is 32.8 Å². The number of hydrogen-bond donors (Lipinski definition) is 2. The number of nitrogens with one attached hydrogen (secondary N) is 1. The Morgan fingerprint density at radius 2 is 1.97 bits per heavy atom. The van der Waals surface area contributed by atoms with Crippen molar-refractivity contribution >= 4 is 28.5 Å². The molecule has 6 heteroatoms. The number of aliphatic hydroxyl groups is 1. The second-order valence-electron chi connectivity index (χ2n) is 10.3. The maximum Gasteiger partial charge on any atom is 0.263 e. The highest BCUT2D eigenvalue weighted by Crippen LogP contribution is 2.65. The van der Waals surface area contributed by atoms with Crippen LogP contribution in [0.2, 0.25) is 0 Å². The lowest BCUT2D eigenvalue weighted by atomic mass is 9.47. The Bertz CT molecular complexity index is 891. The van der Waals surface area contributed by atoms with Crippen molar-refractivity contribution in [3.8, 4) is 0 Å². The van der Waals surface area contributed by atoms with Gasteiger partial charge in [-0.15, -0.1) is 5.10 Å². The number of thioether (sulfide) groups is 1. The summed E-state index contributed by atoms with van der Waals surface area (Å²) in [5, 5.41) is 22.8. The van der Waals surface area contributed by atoms with E-state index in [0.29, 0.717) is 16.0 Å². The SMILES string of the molecule is C/C=C1/S/C(=N\N=C2\C=C3CC[C@H]4[C@@H]5CC[C@H](O)[C@@]5(C)CC[C@@H]4[C@@]3(C)CC2)NC1=O. The summed E-state index contributed by atoms with van der Waals surface area (Å²) in [4.78, 5) is 12.5. The number of carbonyl (C=O) groups excluding carboxylic acids is 1. The molecule has 0 unspecified atom stereocenters. The molecule has 0 aromatic heterocycles. The molecule has 30 heavy (non-hydrogen) atoms. The van der Waals surface area contributed by atoms with Gasteiger partial charge in [0.2, 0.25) is 0 Å². The Labute approximate surface area is 183 Å². The molecule has 0 aromatic carbocycles. The van der Waals surface area contributed by atoms with Crippen LogP contribution in [0, 0.1) is 28.6 Å². The number of fused-ring (bicyclic) bond motifs is 5. The predicted octanol–water partition coefficient (Wildman–Crippen LogP) is 4.79. The van der Waals surface area contributed by atoms with Crippen LogP contribution in [-0.2, 0) is 4.79 Å². The summed E-state index contributed by atoms with van der Waals surface area (Å²) >= 11 is 1.36. The molecular weight excluding hydrogens is 394 g/mol. The Balaban J connectivity index is 1.36. The fourth-order valence-electron chi connectivity index (χ4n) is 7.30. The number of carbonyl (C=O) groups is 1. The summed E-state index contributed by atoms with van der Waals surface area (Å²) in [7, 11) is 0. The summed E-state index contributed by atoms with van der Waals surface area (Å²) < 4.78 is 0. The van der Waals surface area contributed by atoms with Crippen molar-refractivity contribution in [3.05, 3.63) is 22.6 Å². The van der Waals surface area contributed by atoms with Crippen LogP contribution in [0.5, 0.6) is 0 Å². The molecular formula is C24H33N3O2S. The number of aliphatic hydroxyl groups excluding tert-OH is 1. The molecule has 0 spiro atoms. The maximum absolute atomic E-state index is 11.8. The molecule has 5 nitrogen and oxygen atoms in total. The van der Waals surface area contributed by atoms with E-state index in [4.69, 9.17) is 0 Å². The van der Waals surface area contributed by atoms with Gasteiger partial charge in [0.05, 0.1) is 16.7 Å². The van der Waals surface area contributed by atoms with Crippen molar-refractivity contribution in [1.82, 2.24) is 5.32 Å². The van der Waals surface area contributed by atoms with E-state index in [1.807, 2.05) is 6.92 Å². The first-order chi connectivity index (χ1) is 14.3. The number of amides is 1. The standard InChI is InChI=1S/C24H33N3O2S/c1-4-19-21(29)25-22(30-19)27-26-15-9-11-23(2)14(13-15)5-6-16-17-7-8-20(28)24(17,3)12-10-18(16)23/h4,13,16-18,20,28H,5-12H2,1-3H3,(H,25,27,29)/b19-4+,26-15+/t16-,17-,18-,20-,23-,24-/m0/s1. The average molecular weight is 428 g/mol. The van der Waals surface area contributed by atoms with Gasteiger partial charge in [-0.05, 0) is 105 Å². The van der Waals surface area contributed by atoms with Crippen molar-refractivity contribution in [3.63, 3.8) is 0 Å². The van der Waals surface area contributed by atoms with Crippen LogP contribution in [0.3, 0.4) is 0 Å². The van der Waals surface area contributed by atoms with Crippen LogP contribution in [0.1, 0.15) is 72.1 Å². The molecule has 1 heterocycles. The minimum absolute atomic E-state index is 0.0873. The molecule has 2 N–H and O–H groups in total. The third-order valence-corrected chi connectivity index (χ3v) is 10.1. The van der Waals surface area contributed by atoms with E-state index in [1.165, 1.54) is 37.4 Å². The van der Waals surface area contributed by atoms with E-state index in [2.05, 4.69) is 35.4 Å². The van der Waals surface area contributed by atoms with Crippen molar-refractivity contribution in [1.29, 1.82) is 0 Å². The number of amidine groups is 1. The Kier molecular flexibility index (Phi) is 5.01. The largest absolute Gasteiger partial charge is 0.393 e. The van der Waals surface area contributed by atoms with E-state index in [-0.39, 0.29) is 22.8 Å². The minimum atomic E-state index is -0.102. The molecule has 0 bridgehead atoms. The first kappa shape index (κ1) is 20.5. The van der Waals surface area contributed by atoms with E-state index >= 15 is 0 Å². The van der Waals surface area contributed by atoms with Gasteiger partial charge in [-0.25, -0.2) is 0 Å². The first-order valence-electron chi connectivity index (χ1n) is 11.5. The first-order valence-corrected chi connectivity index (χ1v) is 12.4. The smallest absolute Gasteiger partial charge is 0.263 e. The Morgan fingerprint density at radius 3 is 2.73 bits per heavy atom. The summed E-state index contributed by atoms with van der Waals surface area (Å²) in [6.07, 6.45) is 13.1. The van der Waals surface area contributed by atoms with Crippen molar-refractivity contribution < 1.29 is 9.90 Å². The van der Waals surface area contributed by atoms with E-state index in [1.54, 1.807) is 11.6 Å². The maximum atomic E-state index is 11.8. The highest BCUT2D eigenvalue weighted by atomic mass is 32.2. The van der Waals surface area contributed by atoms with Crippen LogP contribution in [0.25, 0.3) is 0 Å². The Hall–Kier alpha value is -1.40. The number of rotatable bonds is 1. The van der Waals surface area contributed by atoms with Gasteiger partial charge in [0.25, 0.3) is 5.91 Å². The topological polar surface area (TPSA) is 74.1 Å². The zero-order chi connectivity index (χ0) is 21.1. The highest BCUT2D eigenvalue weighted by Gasteiger charge is 2.58. The van der Waals surface area contributed by atoms with Crippen molar-refractivity contribution in [2.75, 3.05) is 0 Å². The third-order valence-electron chi connectivity index (χ3n) is 9.11. The predicted molar refractivity (Wildman–Crippen MR) is 122 cm³/mol. The number of hydrogen-bond acceptors (Lipinski definition) is 5. The van der Waals surface area contributed by atoms with Gasteiger partial charge >= 0.3 is 0 Å². The molecule has 1 saturated heterocycles. The Morgan fingerprint density at radius 1 is 1.13 bits per heavy atom. The van der Waals surface area contributed by atoms with E-state index in [9.17, 15) is 9.90 Å². The molecule has 4 aliphatic carbocycles. The zero-order valence-corrected chi connectivity index (χ0v) is 19.1. The summed E-state index contributed by atoms with van der Waals surface area (Å²) in [6, 6.07) is 0. The van der Waals surface area contributed by atoms with Gasteiger partial charge in [0, 0.05) is 0 Å². The summed E-state index contributed by atoms with van der Waals surface area (Å²) in [5.74, 6) is 2.09. The molecule has 3 saturated carbocycles. The monoisotopic (exact) mass is 427 g/mol. The third kappa shape index (κ3) is 3.05. The van der Waals surface area contributed by atoms with E-state index in [0.717, 1.165) is 43.2 Å². The molecule has 1 aliphatic heterocycles. The molecule has 4 fully saturated rings. The molecule has 0 radical (unpaired) electrons. The number of nitrogens with zero attached hydrogens (tertiary/aromatic N) is 2. The van der Waals surface area contributed by atoms with Crippen LogP contribution in [-0.4, -0.2) is 28.0 Å². The molecule has 6 atom stereocenters. The van der Waals surface area contributed by atoms with Gasteiger partial charge in [-0.2, -0.15) is 5.10 Å². The second kappa shape index (κ2) is 7.33. The molecule has 162 valence electrons. The quantitative estimate of drug-likeness (QED) is 0.467. The van der Waals surface area contributed by atoms with Crippen LogP contribution < -0.4 is 5.32 Å². The molecule has 1 amide bonds. The van der Waals surface area contributed by atoms with Gasteiger partial charge < -0.3 is 5.11 Å². The average Bonchev–Trinajstić information content (AvgIpc) is 3.25. The molecule has 5 rings (SSSR count). The van der Waals surface area contributed by atoms with Gasteiger partial charge in [0.1, 0.15) is 0 Å². The van der Waals surface area contributed by atoms with E-state index < -0.39 is 0 Å². The van der Waals surface area contributed by atoms with Crippen LogP contribution >= 0.6 is 11.8 Å². The van der Waals surface area contributed by atoms with Crippen LogP contribution in [0.4, 0.5) is 0 Å². The van der Waals surface area contributed by atoms with Crippen molar-refractivity contribution in [2.45, 2.75) is 78.2 Å². The lowest BCUT2D eigenvalue weighted by molar-refractivity contribution is -0.115. The number of allylic oxidation sites excluding steroid dienone is 3. The fourth-order valence-corrected chi connectivity index (χ4v) is 8.00. The lowest BCUT2D eigenvalue weighted by Gasteiger charge is -2.57. The van der Waals surface area contributed by atoms with Gasteiger partial charge in [-0.1, -0.05) is 25.5 Å². The minimum Gasteiger partial charge on any atom is -0.393 e. The summed E-state index contributed by atoms with van der Waals surface area (Å²) in [5.41, 5.74) is 2.99. The van der Waals surface area contributed by atoms with Crippen molar-refractivity contribution in [2.24, 2.45) is 38.8 Å². The molecule has 5 aliphatic rings. The second-order valence-corrected chi connectivity index (χ2v) is 11.4. The highest BCUT2D eigenvalue weighted by molar-refractivity contribution is 8.18. The zero-order valence-electron chi connectivity index (χ0n) is 18.3. The molecule has 0 aromatic rings. The van der Waals surface area contributed by atoms with Gasteiger partial charge in [0.15, 0.2) is 5.17 Å². The van der Waals surface area contributed by atoms with Gasteiger partial charge in [-0.3, -0.25) is 10.1 Å². The summed E-state index contributed by atoms with van der Waals surface area (Å²) in [6.45, 7) is 6.69. The normalized spacial score (nSPS) is 47.1. The fraction of sp³-hybridized carbons (Fsp3) is 0.708.